The van der Waals surface area contributed by atoms with Crippen LogP contribution in [0.5, 0.6) is 0 Å². The van der Waals surface area contributed by atoms with Crippen molar-refractivity contribution in [2.45, 2.75) is 46.6 Å². The molecule has 4 rings (SSSR count). The van der Waals surface area contributed by atoms with Gasteiger partial charge in [0, 0.05) is 34.5 Å². The third-order valence-corrected chi connectivity index (χ3v) is 7.94. The second-order valence-electron chi connectivity index (χ2n) is 9.64. The number of aryl methyl sites for hydroxylation is 1. The van der Waals surface area contributed by atoms with E-state index in [4.69, 9.17) is 0 Å². The molecule has 3 aromatic rings. The van der Waals surface area contributed by atoms with Gasteiger partial charge in [0.05, 0.1) is 11.6 Å². The molecule has 3 aromatic carbocycles. The lowest BCUT2D eigenvalue weighted by molar-refractivity contribution is -0.132. The maximum atomic E-state index is 13.5. The molecule has 1 atom stereocenters. The van der Waals surface area contributed by atoms with E-state index >= 15 is 0 Å². The molecule has 5 nitrogen and oxygen atoms in total. The van der Waals surface area contributed by atoms with Crippen LogP contribution in [0, 0.1) is 6.92 Å². The van der Waals surface area contributed by atoms with E-state index in [1.807, 2.05) is 67.6 Å². The van der Waals surface area contributed by atoms with Crippen molar-refractivity contribution >= 4 is 44.8 Å². The highest BCUT2D eigenvalue weighted by Gasteiger charge is 2.47. The molecule has 37 heavy (non-hydrogen) atoms. The number of carbonyl (C=O) groups excluding carboxylic acids is 2. The first-order valence-corrected chi connectivity index (χ1v) is 13.5. The second-order valence-corrected chi connectivity index (χ2v) is 10.5. The summed E-state index contributed by atoms with van der Waals surface area (Å²) in [5.74, 6) is -1.17. The summed E-state index contributed by atoms with van der Waals surface area (Å²) in [6.07, 6.45) is 0. The van der Waals surface area contributed by atoms with Crippen molar-refractivity contribution in [3.8, 4) is 0 Å². The van der Waals surface area contributed by atoms with Gasteiger partial charge in [-0.3, -0.25) is 14.5 Å². The topological polar surface area (TPSA) is 60.9 Å². The maximum Gasteiger partial charge on any atom is 0.300 e. The lowest BCUT2D eigenvalue weighted by atomic mass is 9.94. The minimum Gasteiger partial charge on any atom is -0.507 e. The summed E-state index contributed by atoms with van der Waals surface area (Å²) >= 11 is 3.49. The largest absolute Gasteiger partial charge is 0.507 e. The number of carbonyl (C=O) groups is 2. The zero-order valence-electron chi connectivity index (χ0n) is 22.0. The van der Waals surface area contributed by atoms with Crippen LogP contribution in [0.2, 0.25) is 0 Å². The number of amides is 1. The molecule has 1 saturated heterocycles. The highest BCUT2D eigenvalue weighted by Crippen LogP contribution is 2.43. The van der Waals surface area contributed by atoms with Crippen molar-refractivity contribution in [2.75, 3.05) is 22.9 Å². The fourth-order valence-corrected chi connectivity index (χ4v) is 5.08. The Morgan fingerprint density at radius 1 is 0.973 bits per heavy atom. The molecule has 1 aliphatic rings. The second kappa shape index (κ2) is 10.9. The van der Waals surface area contributed by atoms with Gasteiger partial charge in [-0.25, -0.2) is 0 Å². The molecule has 0 spiro atoms. The van der Waals surface area contributed by atoms with Gasteiger partial charge in [-0.05, 0) is 79.8 Å². The summed E-state index contributed by atoms with van der Waals surface area (Å²) in [5, 5.41) is 11.4. The number of hydrogen-bond acceptors (Lipinski definition) is 4. The molecular formula is C31H33BrN2O3. The van der Waals surface area contributed by atoms with Crippen LogP contribution < -0.4 is 9.80 Å². The Balaban J connectivity index is 1.89. The number of halogens is 1. The van der Waals surface area contributed by atoms with Crippen LogP contribution >= 0.6 is 15.9 Å². The molecule has 0 aliphatic carbocycles. The van der Waals surface area contributed by atoms with E-state index in [0.717, 1.165) is 39.9 Å². The van der Waals surface area contributed by atoms with E-state index in [1.54, 1.807) is 6.07 Å². The van der Waals surface area contributed by atoms with Crippen molar-refractivity contribution in [3.63, 3.8) is 0 Å². The first-order valence-electron chi connectivity index (χ1n) is 12.7. The lowest BCUT2D eigenvalue weighted by Crippen LogP contribution is -2.29. The predicted molar refractivity (Wildman–Crippen MR) is 154 cm³/mol. The van der Waals surface area contributed by atoms with E-state index in [9.17, 15) is 14.7 Å². The molecule has 192 valence electrons. The van der Waals surface area contributed by atoms with E-state index in [0.29, 0.717) is 17.2 Å². The van der Waals surface area contributed by atoms with Crippen LogP contribution in [0.1, 0.15) is 61.9 Å². The molecule has 0 aromatic heterocycles. The van der Waals surface area contributed by atoms with Crippen molar-refractivity contribution < 1.29 is 14.7 Å². The number of benzene rings is 3. The molecule has 1 amide bonds. The molecule has 0 radical (unpaired) electrons. The summed E-state index contributed by atoms with van der Waals surface area (Å²) in [6.45, 7) is 12.1. The number of hydrogen-bond donors (Lipinski definition) is 1. The van der Waals surface area contributed by atoms with Gasteiger partial charge in [0.15, 0.2) is 0 Å². The molecule has 0 bridgehead atoms. The Morgan fingerprint density at radius 2 is 1.59 bits per heavy atom. The lowest BCUT2D eigenvalue weighted by Gasteiger charge is -2.27. The molecule has 1 aliphatic heterocycles. The van der Waals surface area contributed by atoms with Gasteiger partial charge in [-0.1, -0.05) is 60.1 Å². The maximum absolute atomic E-state index is 13.5. The number of ketones is 1. The van der Waals surface area contributed by atoms with Crippen molar-refractivity contribution in [1.82, 2.24) is 0 Å². The third-order valence-electron chi connectivity index (χ3n) is 7.05. The fraction of sp³-hybridized carbons (Fsp3) is 0.290. The number of rotatable bonds is 7. The first-order chi connectivity index (χ1) is 17.7. The highest BCUT2D eigenvalue weighted by atomic mass is 79.9. The van der Waals surface area contributed by atoms with Gasteiger partial charge in [0.25, 0.3) is 11.7 Å². The zero-order valence-corrected chi connectivity index (χ0v) is 23.5. The molecule has 1 fully saturated rings. The Morgan fingerprint density at radius 3 is 2.14 bits per heavy atom. The van der Waals surface area contributed by atoms with Crippen molar-refractivity contribution in [2.24, 2.45) is 0 Å². The van der Waals surface area contributed by atoms with Gasteiger partial charge in [0.1, 0.15) is 5.76 Å². The minimum absolute atomic E-state index is 0.0928. The van der Waals surface area contributed by atoms with Crippen LogP contribution in [-0.4, -0.2) is 29.9 Å². The van der Waals surface area contributed by atoms with Crippen LogP contribution in [-0.2, 0) is 9.59 Å². The number of Topliss-reactive ketones (excluding diaryl/α,β-unsaturated/α-hetero) is 1. The molecule has 1 N–H and O–H groups in total. The van der Waals surface area contributed by atoms with Crippen LogP contribution in [0.3, 0.4) is 0 Å². The average Bonchev–Trinajstić information content (AvgIpc) is 3.16. The van der Waals surface area contributed by atoms with Crippen LogP contribution in [0.25, 0.3) is 5.76 Å². The normalized spacial score (nSPS) is 17.1. The van der Waals surface area contributed by atoms with Crippen molar-refractivity contribution in [3.05, 3.63) is 99.0 Å². The molecular weight excluding hydrogens is 528 g/mol. The van der Waals surface area contributed by atoms with Gasteiger partial charge < -0.3 is 10.0 Å². The molecule has 0 saturated carbocycles. The smallest absolute Gasteiger partial charge is 0.300 e. The summed E-state index contributed by atoms with van der Waals surface area (Å²) < 4.78 is 0.901. The van der Waals surface area contributed by atoms with Gasteiger partial charge in [-0.2, -0.15) is 0 Å². The standard InChI is InChI=1S/C31H33BrN2O3/c1-6-33(7-2)24-13-10-22(11-14-24)28-27(29(35)23-12-17-26(32)20(5)18-23)30(36)31(37)34(28)25-15-8-21(9-16-25)19(3)4/h8-19,28,35H,6-7H2,1-5H3/b29-27-. The van der Waals surface area contributed by atoms with Gasteiger partial charge in [0.2, 0.25) is 0 Å². The van der Waals surface area contributed by atoms with E-state index in [-0.39, 0.29) is 11.3 Å². The SMILES string of the molecule is CCN(CC)c1ccc(C2/C(=C(/O)c3ccc(Br)c(C)c3)C(=O)C(=O)N2c2ccc(C(C)C)cc2)cc1. The number of aliphatic hydroxyl groups is 1. The summed E-state index contributed by atoms with van der Waals surface area (Å²) in [6, 6.07) is 20.3. The van der Waals surface area contributed by atoms with E-state index in [2.05, 4.69) is 48.5 Å². The molecule has 6 heteroatoms. The van der Waals surface area contributed by atoms with E-state index in [1.165, 1.54) is 4.90 Å². The van der Waals surface area contributed by atoms with Gasteiger partial charge in [-0.15, -0.1) is 0 Å². The quantitative estimate of drug-likeness (QED) is 0.186. The first kappa shape index (κ1) is 26.7. The number of anilines is 2. The van der Waals surface area contributed by atoms with Crippen molar-refractivity contribution in [1.29, 1.82) is 0 Å². The van der Waals surface area contributed by atoms with Gasteiger partial charge >= 0.3 is 0 Å². The predicted octanol–water partition coefficient (Wildman–Crippen LogP) is 7.35. The van der Waals surface area contributed by atoms with Crippen LogP contribution in [0.4, 0.5) is 11.4 Å². The fourth-order valence-electron chi connectivity index (χ4n) is 4.84. The average molecular weight is 562 g/mol. The Labute approximate surface area is 227 Å². The number of aliphatic hydroxyl groups excluding tert-OH is 1. The summed E-state index contributed by atoms with van der Waals surface area (Å²) in [7, 11) is 0. The monoisotopic (exact) mass is 560 g/mol. The Kier molecular flexibility index (Phi) is 7.88. The molecule has 1 unspecified atom stereocenters. The number of nitrogens with zero attached hydrogens (tertiary/aromatic N) is 2. The molecule has 1 heterocycles. The summed E-state index contributed by atoms with van der Waals surface area (Å²) in [4.78, 5) is 30.7. The minimum atomic E-state index is -0.750. The highest BCUT2D eigenvalue weighted by molar-refractivity contribution is 9.10. The Hall–Kier alpha value is -3.38. The Bertz CT molecular complexity index is 1340. The summed E-state index contributed by atoms with van der Waals surface area (Å²) in [5.41, 5.74) is 5.10. The third kappa shape index (κ3) is 5.08. The van der Waals surface area contributed by atoms with Crippen LogP contribution in [0.15, 0.2) is 76.8 Å². The zero-order chi connectivity index (χ0) is 26.9. The van der Waals surface area contributed by atoms with E-state index < -0.39 is 17.7 Å².